The van der Waals surface area contributed by atoms with Crippen molar-refractivity contribution in [3.8, 4) is 10.8 Å². The largest absolute Gasteiger partial charge is 0.462 e. The highest BCUT2D eigenvalue weighted by Crippen LogP contribution is 2.29. The third-order valence-electron chi connectivity index (χ3n) is 4.02. The number of furan rings is 1. The number of nitrogens with zero attached hydrogens (tertiary/aromatic N) is 1. The average Bonchev–Trinajstić information content (AvgIpc) is 3.17. The quantitative estimate of drug-likeness (QED) is 0.909. The second-order valence-electron chi connectivity index (χ2n) is 5.41. The van der Waals surface area contributed by atoms with Crippen LogP contribution in [0.25, 0.3) is 10.8 Å². The molecule has 1 aliphatic rings. The van der Waals surface area contributed by atoms with Crippen LogP contribution in [-0.4, -0.2) is 23.5 Å². The van der Waals surface area contributed by atoms with Gasteiger partial charge in [-0.15, -0.1) is 11.3 Å². The fourth-order valence-electron chi connectivity index (χ4n) is 2.86. The average molecular weight is 305 g/mol. The fourth-order valence-corrected chi connectivity index (χ4v) is 3.74. The second kappa shape index (κ2) is 5.99. The molecule has 6 heteroatoms. The van der Waals surface area contributed by atoms with E-state index in [1.54, 1.807) is 6.26 Å². The molecule has 1 aliphatic carbocycles. The maximum Gasteiger partial charge on any atom is 0.271 e. The van der Waals surface area contributed by atoms with E-state index in [-0.39, 0.29) is 11.9 Å². The van der Waals surface area contributed by atoms with E-state index in [9.17, 15) is 4.79 Å². The molecule has 2 aromatic heterocycles. The lowest BCUT2D eigenvalue weighted by atomic mass is 10.0. The Morgan fingerprint density at radius 2 is 2.43 bits per heavy atom. The summed E-state index contributed by atoms with van der Waals surface area (Å²) in [5.74, 6) is 0.979. The van der Waals surface area contributed by atoms with E-state index in [0.29, 0.717) is 23.9 Å². The van der Waals surface area contributed by atoms with Crippen LogP contribution < -0.4 is 11.1 Å². The zero-order valence-corrected chi connectivity index (χ0v) is 12.8. The van der Waals surface area contributed by atoms with Crippen LogP contribution in [0.4, 0.5) is 0 Å². The summed E-state index contributed by atoms with van der Waals surface area (Å²) in [6, 6.07) is 3.84. The first-order chi connectivity index (χ1) is 10.2. The van der Waals surface area contributed by atoms with Crippen molar-refractivity contribution in [1.29, 1.82) is 0 Å². The van der Waals surface area contributed by atoms with Crippen molar-refractivity contribution < 1.29 is 9.21 Å². The summed E-state index contributed by atoms with van der Waals surface area (Å²) in [6.07, 6.45) is 4.83. The summed E-state index contributed by atoms with van der Waals surface area (Å²) < 4.78 is 5.34. The molecule has 0 aliphatic heterocycles. The van der Waals surface area contributed by atoms with Crippen LogP contribution in [0, 0.1) is 12.8 Å². The molecule has 0 bridgehead atoms. The number of carbonyl (C=O) groups is 1. The van der Waals surface area contributed by atoms with Gasteiger partial charge in [0.05, 0.1) is 6.26 Å². The van der Waals surface area contributed by atoms with Gasteiger partial charge in [0.1, 0.15) is 5.69 Å². The summed E-state index contributed by atoms with van der Waals surface area (Å²) in [7, 11) is 0. The van der Waals surface area contributed by atoms with Gasteiger partial charge >= 0.3 is 0 Å². The Kier molecular flexibility index (Phi) is 4.07. The molecule has 0 radical (unpaired) electrons. The number of aryl methyl sites for hydroxylation is 1. The lowest BCUT2D eigenvalue weighted by Gasteiger charge is -2.18. The fraction of sp³-hybridized carbons (Fsp3) is 0.467. The zero-order valence-electron chi connectivity index (χ0n) is 12.0. The number of thiazole rings is 1. The molecule has 2 atom stereocenters. The minimum absolute atomic E-state index is 0.105. The number of aromatic nitrogens is 1. The van der Waals surface area contributed by atoms with E-state index in [1.807, 2.05) is 19.1 Å². The number of nitrogens with one attached hydrogen (secondary N) is 1. The van der Waals surface area contributed by atoms with Crippen LogP contribution in [0.15, 0.2) is 22.8 Å². The van der Waals surface area contributed by atoms with Crippen LogP contribution in [0.1, 0.15) is 34.6 Å². The number of rotatable bonds is 4. The van der Waals surface area contributed by atoms with Gasteiger partial charge in [-0.1, -0.05) is 6.42 Å². The van der Waals surface area contributed by atoms with Gasteiger partial charge in [-0.05, 0) is 44.4 Å². The molecule has 2 aromatic rings. The Balaban J connectivity index is 1.76. The van der Waals surface area contributed by atoms with E-state index >= 15 is 0 Å². The maximum absolute atomic E-state index is 12.4. The van der Waals surface area contributed by atoms with Gasteiger partial charge in [-0.25, -0.2) is 4.98 Å². The molecule has 3 N–H and O–H groups in total. The van der Waals surface area contributed by atoms with Crippen molar-refractivity contribution in [2.75, 3.05) is 6.54 Å². The standard InChI is InChI=1S/C15H19N3O2S/c1-9-13(18-15(21-9)12-6-3-7-20-12)14(19)17-11-5-2-4-10(11)8-16/h3,6-7,10-11H,2,4-5,8,16H2,1H3,(H,17,19). The molecule has 2 unspecified atom stereocenters. The molecule has 1 saturated carbocycles. The summed E-state index contributed by atoms with van der Waals surface area (Å²) in [5, 5.41) is 3.83. The number of hydrogen-bond donors (Lipinski definition) is 2. The van der Waals surface area contributed by atoms with Gasteiger partial charge in [0.2, 0.25) is 0 Å². The highest BCUT2D eigenvalue weighted by atomic mass is 32.1. The molecule has 112 valence electrons. The maximum atomic E-state index is 12.4. The second-order valence-corrected chi connectivity index (χ2v) is 6.61. The van der Waals surface area contributed by atoms with Crippen molar-refractivity contribution in [3.05, 3.63) is 29.0 Å². The van der Waals surface area contributed by atoms with Gasteiger partial charge < -0.3 is 15.5 Å². The number of hydrogen-bond acceptors (Lipinski definition) is 5. The summed E-state index contributed by atoms with van der Waals surface area (Å²) in [5.41, 5.74) is 6.25. The molecule has 0 saturated heterocycles. The minimum Gasteiger partial charge on any atom is -0.462 e. The summed E-state index contributed by atoms with van der Waals surface area (Å²) >= 11 is 1.47. The van der Waals surface area contributed by atoms with Gasteiger partial charge in [0.15, 0.2) is 10.8 Å². The first-order valence-corrected chi connectivity index (χ1v) is 8.03. The molecule has 2 heterocycles. The van der Waals surface area contributed by atoms with Crippen LogP contribution >= 0.6 is 11.3 Å². The molecule has 3 rings (SSSR count). The highest BCUT2D eigenvalue weighted by molar-refractivity contribution is 7.15. The SMILES string of the molecule is Cc1sc(-c2ccco2)nc1C(=O)NC1CCCC1CN. The highest BCUT2D eigenvalue weighted by Gasteiger charge is 2.29. The van der Waals surface area contributed by atoms with Gasteiger partial charge in [0, 0.05) is 10.9 Å². The predicted octanol–water partition coefficient (Wildman–Crippen LogP) is 2.57. The summed E-state index contributed by atoms with van der Waals surface area (Å²) in [6.45, 7) is 2.53. The normalized spacial score (nSPS) is 21.6. The lowest BCUT2D eigenvalue weighted by molar-refractivity contribution is 0.0924. The molecule has 0 spiro atoms. The van der Waals surface area contributed by atoms with Crippen LogP contribution in [0.5, 0.6) is 0 Å². The van der Waals surface area contributed by atoms with E-state index in [4.69, 9.17) is 10.2 Å². The van der Waals surface area contributed by atoms with Crippen LogP contribution in [0.3, 0.4) is 0 Å². The van der Waals surface area contributed by atoms with Crippen molar-refractivity contribution in [1.82, 2.24) is 10.3 Å². The Labute approximate surface area is 127 Å². The Morgan fingerprint density at radius 1 is 1.57 bits per heavy atom. The monoisotopic (exact) mass is 305 g/mol. The number of nitrogens with two attached hydrogens (primary N) is 1. The molecule has 1 amide bonds. The molecule has 0 aromatic carbocycles. The molecular weight excluding hydrogens is 286 g/mol. The Morgan fingerprint density at radius 3 is 3.14 bits per heavy atom. The Bertz CT molecular complexity index is 621. The topological polar surface area (TPSA) is 81.2 Å². The van der Waals surface area contributed by atoms with Gasteiger partial charge in [-0.2, -0.15) is 0 Å². The van der Waals surface area contributed by atoms with Crippen LogP contribution in [-0.2, 0) is 0 Å². The van der Waals surface area contributed by atoms with E-state index in [1.165, 1.54) is 11.3 Å². The van der Waals surface area contributed by atoms with Gasteiger partial charge in [-0.3, -0.25) is 4.79 Å². The van der Waals surface area contributed by atoms with Crippen molar-refractivity contribution in [3.63, 3.8) is 0 Å². The number of amides is 1. The zero-order chi connectivity index (χ0) is 14.8. The van der Waals surface area contributed by atoms with Gasteiger partial charge in [0.25, 0.3) is 5.91 Å². The summed E-state index contributed by atoms with van der Waals surface area (Å²) in [4.78, 5) is 17.8. The number of carbonyl (C=O) groups excluding carboxylic acids is 1. The molecule has 5 nitrogen and oxygen atoms in total. The molecule has 21 heavy (non-hydrogen) atoms. The van der Waals surface area contributed by atoms with E-state index in [0.717, 1.165) is 29.1 Å². The first kappa shape index (κ1) is 14.3. The first-order valence-electron chi connectivity index (χ1n) is 7.21. The molecular formula is C15H19N3O2S. The van der Waals surface area contributed by atoms with Crippen LogP contribution in [0.2, 0.25) is 0 Å². The van der Waals surface area contributed by atoms with E-state index in [2.05, 4.69) is 10.3 Å². The van der Waals surface area contributed by atoms with E-state index < -0.39 is 0 Å². The predicted molar refractivity (Wildman–Crippen MR) is 82.2 cm³/mol. The van der Waals surface area contributed by atoms with Crippen molar-refractivity contribution in [2.24, 2.45) is 11.7 Å². The smallest absolute Gasteiger partial charge is 0.271 e. The minimum atomic E-state index is -0.105. The third kappa shape index (κ3) is 2.87. The molecule has 1 fully saturated rings. The third-order valence-corrected chi connectivity index (χ3v) is 5.01. The lowest BCUT2D eigenvalue weighted by Crippen LogP contribution is -2.40. The van der Waals surface area contributed by atoms with Crippen molar-refractivity contribution in [2.45, 2.75) is 32.2 Å². The Hall–Kier alpha value is -1.66. The van der Waals surface area contributed by atoms with Crippen molar-refractivity contribution >= 4 is 17.2 Å².